The summed E-state index contributed by atoms with van der Waals surface area (Å²) in [4.78, 5) is 15.3. The van der Waals surface area contributed by atoms with Gasteiger partial charge >= 0.3 is 6.09 Å². The summed E-state index contributed by atoms with van der Waals surface area (Å²) >= 11 is 6.07. The highest BCUT2D eigenvalue weighted by atomic mass is 35.5. The molecule has 7 nitrogen and oxygen atoms in total. The minimum Gasteiger partial charge on any atom is -0.463 e. The summed E-state index contributed by atoms with van der Waals surface area (Å²) in [5.41, 5.74) is 7.79. The van der Waals surface area contributed by atoms with Crippen LogP contribution in [0.2, 0.25) is 0 Å². The number of halogens is 1. The van der Waals surface area contributed by atoms with Gasteiger partial charge in [-0.2, -0.15) is 9.78 Å². The molecule has 1 aromatic carbocycles. The van der Waals surface area contributed by atoms with E-state index in [1.165, 1.54) is 4.42 Å². The number of carboxylic acid groups (broad SMARTS) is 1. The number of hydrogen-bond donors (Lipinski definition) is 2. The molecule has 0 fully saturated rings. The Bertz CT molecular complexity index is 765. The molecule has 0 saturated heterocycles. The number of allylic oxidation sites excluding steroid dienone is 1. The van der Waals surface area contributed by atoms with Crippen molar-refractivity contribution >= 4 is 46.4 Å². The molecule has 1 aliphatic rings. The van der Waals surface area contributed by atoms with Gasteiger partial charge in [0.15, 0.2) is 0 Å². The number of anilines is 1. The predicted octanol–water partition coefficient (Wildman–Crippen LogP) is 1.98. The third-order valence-electron chi connectivity index (χ3n) is 2.97. The minimum absolute atomic E-state index is 0.265. The third kappa shape index (κ3) is 1.79. The first-order valence-electron chi connectivity index (χ1n) is 5.74. The van der Waals surface area contributed by atoms with Crippen LogP contribution in [0.15, 0.2) is 29.3 Å². The lowest BCUT2D eigenvalue weighted by Gasteiger charge is -2.18. The average Bonchev–Trinajstić information content (AvgIpc) is 2.80. The van der Waals surface area contributed by atoms with Crippen molar-refractivity contribution in [3.8, 4) is 0 Å². The number of hydrogen-bond acceptors (Lipinski definition) is 5. The Morgan fingerprint density at radius 1 is 1.45 bits per heavy atom. The summed E-state index contributed by atoms with van der Waals surface area (Å²) in [6.45, 7) is 0.265. The molecule has 0 saturated carbocycles. The smallest absolute Gasteiger partial charge is 0.432 e. The highest BCUT2D eigenvalue weighted by molar-refractivity contribution is 6.19. The van der Waals surface area contributed by atoms with Gasteiger partial charge < -0.3 is 10.8 Å². The van der Waals surface area contributed by atoms with Gasteiger partial charge in [-0.25, -0.2) is 4.79 Å². The lowest BCUT2D eigenvalue weighted by molar-refractivity contribution is 0.194. The Labute approximate surface area is 118 Å². The number of fused-ring (bicyclic) bond motifs is 1. The first kappa shape index (κ1) is 12.5. The first-order chi connectivity index (χ1) is 9.59. The van der Waals surface area contributed by atoms with Gasteiger partial charge in [0.2, 0.25) is 0 Å². The van der Waals surface area contributed by atoms with E-state index >= 15 is 0 Å². The molecule has 0 radical (unpaired) electrons. The molecule has 0 spiro atoms. The van der Waals surface area contributed by atoms with Crippen LogP contribution in [0.4, 0.5) is 10.5 Å². The van der Waals surface area contributed by atoms with Gasteiger partial charge in [-0.3, -0.25) is 9.41 Å². The summed E-state index contributed by atoms with van der Waals surface area (Å²) < 4.78 is 2.25. The van der Waals surface area contributed by atoms with Crippen LogP contribution in [0.25, 0.3) is 16.6 Å². The van der Waals surface area contributed by atoms with Crippen LogP contribution in [0.1, 0.15) is 5.69 Å². The summed E-state index contributed by atoms with van der Waals surface area (Å²) in [7, 11) is 0. The Hall–Kier alpha value is -2.54. The SMILES string of the molecule is Nc1cccc2c1c(C1=CC=NCN1Cl)nn2C(=O)O. The fourth-order valence-corrected chi connectivity index (χ4v) is 2.31. The first-order valence-corrected chi connectivity index (χ1v) is 6.07. The average molecular weight is 292 g/mol. The molecular formula is C12H10ClN5O2. The van der Waals surface area contributed by atoms with Gasteiger partial charge in [0.05, 0.1) is 16.6 Å². The van der Waals surface area contributed by atoms with Crippen molar-refractivity contribution in [3.05, 3.63) is 30.0 Å². The van der Waals surface area contributed by atoms with Crippen LogP contribution in [0.5, 0.6) is 0 Å². The van der Waals surface area contributed by atoms with Gasteiger partial charge in [0, 0.05) is 23.7 Å². The van der Waals surface area contributed by atoms with Crippen molar-refractivity contribution in [1.29, 1.82) is 0 Å². The van der Waals surface area contributed by atoms with Crippen molar-refractivity contribution in [2.75, 3.05) is 12.4 Å². The van der Waals surface area contributed by atoms with Gasteiger partial charge in [-0.05, 0) is 18.2 Å². The van der Waals surface area contributed by atoms with E-state index in [9.17, 15) is 9.90 Å². The van der Waals surface area contributed by atoms with E-state index < -0.39 is 6.09 Å². The van der Waals surface area contributed by atoms with Gasteiger partial charge in [0.1, 0.15) is 12.4 Å². The summed E-state index contributed by atoms with van der Waals surface area (Å²) in [6.07, 6.45) is 2.08. The van der Waals surface area contributed by atoms with Crippen LogP contribution in [-0.4, -0.2) is 38.3 Å². The topological polar surface area (TPSA) is 96.7 Å². The van der Waals surface area contributed by atoms with Crippen LogP contribution in [-0.2, 0) is 0 Å². The largest absolute Gasteiger partial charge is 0.463 e. The van der Waals surface area contributed by atoms with E-state index in [4.69, 9.17) is 17.5 Å². The number of benzene rings is 1. The molecule has 102 valence electrons. The van der Waals surface area contributed by atoms with E-state index in [1.54, 1.807) is 30.5 Å². The minimum atomic E-state index is -1.18. The second-order valence-corrected chi connectivity index (χ2v) is 4.58. The van der Waals surface area contributed by atoms with Crippen molar-refractivity contribution in [1.82, 2.24) is 14.2 Å². The Balaban J connectivity index is 2.33. The lowest BCUT2D eigenvalue weighted by atomic mass is 10.1. The standard InChI is InChI=1S/C12H10ClN5O2/c13-17-6-15-5-4-9(17)11-10-7(14)2-1-3-8(10)18(16-11)12(19)20/h1-5H,6,14H2,(H,19,20). The third-order valence-corrected chi connectivity index (χ3v) is 3.26. The molecule has 2 heterocycles. The molecular weight excluding hydrogens is 282 g/mol. The van der Waals surface area contributed by atoms with Gasteiger partial charge in [0.25, 0.3) is 0 Å². The zero-order valence-electron chi connectivity index (χ0n) is 10.2. The number of carbonyl (C=O) groups is 1. The lowest BCUT2D eigenvalue weighted by Crippen LogP contribution is -2.16. The summed E-state index contributed by atoms with van der Waals surface area (Å²) in [5, 5.41) is 13.9. The van der Waals surface area contributed by atoms with Crippen LogP contribution in [0, 0.1) is 0 Å². The maximum Gasteiger partial charge on any atom is 0.432 e. The van der Waals surface area contributed by atoms with Crippen molar-refractivity contribution in [3.63, 3.8) is 0 Å². The van der Waals surface area contributed by atoms with Crippen LogP contribution < -0.4 is 5.73 Å². The molecule has 0 aliphatic carbocycles. The molecule has 8 heteroatoms. The molecule has 2 aromatic rings. The summed E-state index contributed by atoms with van der Waals surface area (Å²) in [5.74, 6) is 0. The maximum atomic E-state index is 11.3. The second kappa shape index (κ2) is 4.53. The number of nitrogens with zero attached hydrogens (tertiary/aromatic N) is 4. The van der Waals surface area contributed by atoms with Gasteiger partial charge in [-0.15, -0.1) is 0 Å². The number of nitrogens with two attached hydrogens (primary N) is 1. The van der Waals surface area contributed by atoms with Crippen molar-refractivity contribution < 1.29 is 9.90 Å². The Morgan fingerprint density at radius 2 is 2.25 bits per heavy atom. The Kier molecular flexibility index (Phi) is 2.83. The molecule has 3 N–H and O–H groups in total. The number of rotatable bonds is 1. The zero-order valence-corrected chi connectivity index (χ0v) is 10.9. The number of aromatic nitrogens is 2. The highest BCUT2D eigenvalue weighted by Crippen LogP contribution is 2.32. The van der Waals surface area contributed by atoms with E-state index in [2.05, 4.69) is 10.1 Å². The molecule has 0 amide bonds. The van der Waals surface area contributed by atoms with Crippen molar-refractivity contribution in [2.24, 2.45) is 4.99 Å². The normalized spacial score (nSPS) is 14.7. The number of aliphatic imine (C=N–C) groups is 1. The highest BCUT2D eigenvalue weighted by Gasteiger charge is 2.22. The maximum absolute atomic E-state index is 11.3. The second-order valence-electron chi connectivity index (χ2n) is 4.17. The molecule has 0 bridgehead atoms. The predicted molar refractivity (Wildman–Crippen MR) is 76.6 cm³/mol. The summed E-state index contributed by atoms with van der Waals surface area (Å²) in [6, 6.07) is 5.01. The quantitative estimate of drug-likeness (QED) is 0.618. The molecule has 0 atom stereocenters. The molecule has 3 rings (SSSR count). The molecule has 20 heavy (non-hydrogen) atoms. The monoisotopic (exact) mass is 291 g/mol. The zero-order chi connectivity index (χ0) is 14.3. The van der Waals surface area contributed by atoms with E-state index in [0.29, 0.717) is 28.0 Å². The fraction of sp³-hybridized carbons (Fsp3) is 0.0833. The van der Waals surface area contributed by atoms with Crippen molar-refractivity contribution in [2.45, 2.75) is 0 Å². The Morgan fingerprint density at radius 3 is 2.95 bits per heavy atom. The number of nitrogen functional groups attached to an aromatic ring is 1. The van der Waals surface area contributed by atoms with E-state index in [-0.39, 0.29) is 6.67 Å². The molecule has 1 aromatic heterocycles. The van der Waals surface area contributed by atoms with Crippen LogP contribution >= 0.6 is 11.8 Å². The fourth-order valence-electron chi connectivity index (χ4n) is 2.11. The van der Waals surface area contributed by atoms with Gasteiger partial charge in [-0.1, -0.05) is 6.07 Å². The van der Waals surface area contributed by atoms with Crippen LogP contribution in [0.3, 0.4) is 0 Å². The molecule has 1 aliphatic heterocycles. The van der Waals surface area contributed by atoms with E-state index in [0.717, 1.165) is 4.68 Å². The molecule has 0 unspecified atom stereocenters. The van der Waals surface area contributed by atoms with E-state index in [1.807, 2.05) is 0 Å².